The van der Waals surface area contributed by atoms with Gasteiger partial charge in [-0.15, -0.1) is 12.6 Å². The molecule has 0 saturated heterocycles. The molecule has 204 valence electrons. The summed E-state index contributed by atoms with van der Waals surface area (Å²) in [6, 6.07) is 11.8. The maximum absolute atomic E-state index is 11.0. The van der Waals surface area contributed by atoms with E-state index in [9.17, 15) is 20.4 Å². The highest BCUT2D eigenvalue weighted by Crippen LogP contribution is 2.37. The first-order valence-corrected chi connectivity index (χ1v) is 13.7. The second-order valence-electron chi connectivity index (χ2n) is 11.0. The minimum atomic E-state index is 0.180. The smallest absolute Gasteiger partial charge is 0.131 e. The van der Waals surface area contributed by atoms with Gasteiger partial charge in [-0.1, -0.05) is 30.3 Å². The van der Waals surface area contributed by atoms with E-state index in [-0.39, 0.29) is 5.75 Å². The van der Waals surface area contributed by atoms with Gasteiger partial charge in [0.25, 0.3) is 0 Å². The van der Waals surface area contributed by atoms with E-state index in [0.717, 1.165) is 72.3 Å². The Balaban J connectivity index is 1.74. The molecule has 0 bridgehead atoms. The molecule has 4 nitrogen and oxygen atoms in total. The second kappa shape index (κ2) is 10.9. The minimum Gasteiger partial charge on any atom is -0.507 e. The molecule has 4 aromatic rings. The van der Waals surface area contributed by atoms with Crippen LogP contribution < -0.4 is 0 Å². The SMILES string of the molecule is Cc1cc(Cc2c(C)c(Cc3cc(C)c(O)c(Cc4cc(C)c(O)c(S)c4)c3C)cc(C)c2O)cc(C)c1O. The summed E-state index contributed by atoms with van der Waals surface area (Å²) < 4.78 is 0. The van der Waals surface area contributed by atoms with Gasteiger partial charge in [-0.3, -0.25) is 0 Å². The molecule has 0 atom stereocenters. The molecule has 0 unspecified atom stereocenters. The molecule has 4 rings (SSSR count). The first-order valence-electron chi connectivity index (χ1n) is 13.2. The Labute approximate surface area is 237 Å². The third-order valence-electron chi connectivity index (χ3n) is 8.00. The van der Waals surface area contributed by atoms with Crippen molar-refractivity contribution in [2.75, 3.05) is 0 Å². The zero-order chi connectivity index (χ0) is 28.8. The van der Waals surface area contributed by atoms with Crippen LogP contribution in [-0.2, 0) is 19.3 Å². The van der Waals surface area contributed by atoms with Crippen LogP contribution >= 0.6 is 12.6 Å². The van der Waals surface area contributed by atoms with E-state index in [2.05, 4.69) is 25.6 Å². The molecule has 0 heterocycles. The van der Waals surface area contributed by atoms with Crippen molar-refractivity contribution in [3.8, 4) is 23.0 Å². The summed E-state index contributed by atoms with van der Waals surface area (Å²) in [5.41, 5.74) is 12.2. The van der Waals surface area contributed by atoms with Crippen LogP contribution in [0.1, 0.15) is 72.3 Å². The van der Waals surface area contributed by atoms with Crippen molar-refractivity contribution in [3.05, 3.63) is 109 Å². The summed E-state index contributed by atoms with van der Waals surface area (Å²) in [6.45, 7) is 13.6. The lowest BCUT2D eigenvalue weighted by Gasteiger charge is -2.20. The third-order valence-corrected chi connectivity index (χ3v) is 8.34. The summed E-state index contributed by atoms with van der Waals surface area (Å²) in [5.74, 6) is 1.09. The van der Waals surface area contributed by atoms with E-state index in [1.165, 1.54) is 0 Å². The maximum Gasteiger partial charge on any atom is 0.131 e. The molecule has 0 spiro atoms. The van der Waals surface area contributed by atoms with Gasteiger partial charge in [-0.2, -0.15) is 0 Å². The summed E-state index contributed by atoms with van der Waals surface area (Å²) in [4.78, 5) is 0.525. The highest BCUT2D eigenvalue weighted by molar-refractivity contribution is 7.80. The Hall–Kier alpha value is -3.57. The molecular weight excluding hydrogens is 504 g/mol. The van der Waals surface area contributed by atoms with Crippen LogP contribution in [0.5, 0.6) is 23.0 Å². The predicted molar refractivity (Wildman–Crippen MR) is 161 cm³/mol. The van der Waals surface area contributed by atoms with Gasteiger partial charge in [0.05, 0.1) is 0 Å². The van der Waals surface area contributed by atoms with Gasteiger partial charge in [-0.05, 0) is 122 Å². The van der Waals surface area contributed by atoms with E-state index in [0.29, 0.717) is 41.4 Å². The minimum absolute atomic E-state index is 0.180. The van der Waals surface area contributed by atoms with Gasteiger partial charge in [0.2, 0.25) is 0 Å². The second-order valence-corrected chi connectivity index (χ2v) is 11.5. The summed E-state index contributed by atoms with van der Waals surface area (Å²) in [7, 11) is 0. The fourth-order valence-corrected chi connectivity index (χ4v) is 5.93. The zero-order valence-corrected chi connectivity index (χ0v) is 24.7. The molecule has 0 aromatic heterocycles. The van der Waals surface area contributed by atoms with Gasteiger partial charge in [0, 0.05) is 28.9 Å². The molecule has 0 aliphatic carbocycles. The zero-order valence-electron chi connectivity index (χ0n) is 23.8. The van der Waals surface area contributed by atoms with Crippen LogP contribution in [0.25, 0.3) is 0 Å². The molecule has 0 fully saturated rings. The van der Waals surface area contributed by atoms with Crippen LogP contribution in [0.4, 0.5) is 0 Å². The Kier molecular flexibility index (Phi) is 7.94. The van der Waals surface area contributed by atoms with Crippen molar-refractivity contribution < 1.29 is 20.4 Å². The average molecular weight is 543 g/mol. The Morgan fingerprint density at radius 3 is 1.23 bits per heavy atom. The molecule has 0 amide bonds. The van der Waals surface area contributed by atoms with Crippen molar-refractivity contribution in [2.24, 2.45) is 0 Å². The fraction of sp³-hybridized carbons (Fsp3) is 0.294. The lowest BCUT2D eigenvalue weighted by molar-refractivity contribution is 0.457. The number of hydrogen-bond donors (Lipinski definition) is 5. The summed E-state index contributed by atoms with van der Waals surface area (Å²) >= 11 is 4.41. The topological polar surface area (TPSA) is 80.9 Å². The third kappa shape index (κ3) is 5.60. The van der Waals surface area contributed by atoms with Gasteiger partial charge in [0.1, 0.15) is 23.0 Å². The van der Waals surface area contributed by atoms with Crippen molar-refractivity contribution in [1.29, 1.82) is 0 Å². The van der Waals surface area contributed by atoms with E-state index >= 15 is 0 Å². The van der Waals surface area contributed by atoms with Crippen LogP contribution in [0.15, 0.2) is 41.3 Å². The number of aromatic hydroxyl groups is 4. The number of phenols is 4. The van der Waals surface area contributed by atoms with Crippen molar-refractivity contribution in [1.82, 2.24) is 0 Å². The molecule has 0 aliphatic heterocycles. The number of aryl methyl sites for hydroxylation is 5. The largest absolute Gasteiger partial charge is 0.507 e. The molecule has 4 N–H and O–H groups in total. The predicted octanol–water partition coefficient (Wildman–Crippen LogP) is 7.73. The summed E-state index contributed by atoms with van der Waals surface area (Å²) in [5, 5.41) is 42.4. The lowest BCUT2D eigenvalue weighted by atomic mass is 9.86. The Morgan fingerprint density at radius 2 is 0.821 bits per heavy atom. The molecule has 39 heavy (non-hydrogen) atoms. The normalized spacial score (nSPS) is 11.3. The molecule has 5 heteroatoms. The standard InChI is InChI=1S/C34H38O4S/c1-17-8-24(9-18(2)31(17)35)13-28-22(6)26(11-20(4)32(28)36)16-27-12-21(5)33(37)29(23(27)7)14-25-10-19(3)34(38)30(39)15-25/h8-12,15,35-39H,13-14,16H2,1-7H3. The van der Waals surface area contributed by atoms with Crippen molar-refractivity contribution in [2.45, 2.75) is 72.6 Å². The average Bonchev–Trinajstić information content (AvgIpc) is 2.87. The number of hydrogen-bond acceptors (Lipinski definition) is 5. The van der Waals surface area contributed by atoms with Crippen molar-refractivity contribution >= 4 is 12.6 Å². The van der Waals surface area contributed by atoms with Gasteiger partial charge >= 0.3 is 0 Å². The Morgan fingerprint density at radius 1 is 0.462 bits per heavy atom. The molecule has 4 aromatic carbocycles. The number of thiol groups is 1. The maximum atomic E-state index is 11.0. The quantitative estimate of drug-likeness (QED) is 0.162. The van der Waals surface area contributed by atoms with E-state index in [1.807, 2.05) is 71.9 Å². The van der Waals surface area contributed by atoms with Gasteiger partial charge in [-0.25, -0.2) is 0 Å². The number of rotatable bonds is 6. The van der Waals surface area contributed by atoms with Crippen LogP contribution in [0, 0.1) is 48.5 Å². The van der Waals surface area contributed by atoms with Crippen LogP contribution in [0.3, 0.4) is 0 Å². The lowest BCUT2D eigenvalue weighted by Crippen LogP contribution is -2.05. The van der Waals surface area contributed by atoms with Crippen molar-refractivity contribution in [3.63, 3.8) is 0 Å². The Bertz CT molecular complexity index is 1440. The van der Waals surface area contributed by atoms with Gasteiger partial charge < -0.3 is 20.4 Å². The molecule has 0 aliphatic rings. The first kappa shape index (κ1) is 28.4. The molecule has 0 saturated carbocycles. The van der Waals surface area contributed by atoms with Gasteiger partial charge in [0.15, 0.2) is 0 Å². The van der Waals surface area contributed by atoms with Crippen LogP contribution in [-0.4, -0.2) is 20.4 Å². The van der Waals surface area contributed by atoms with E-state index in [4.69, 9.17) is 0 Å². The number of phenolic OH excluding ortho intramolecular Hbond substituents is 4. The molecule has 0 radical (unpaired) electrons. The van der Waals surface area contributed by atoms with E-state index < -0.39 is 0 Å². The highest BCUT2D eigenvalue weighted by Gasteiger charge is 2.19. The number of benzene rings is 4. The monoisotopic (exact) mass is 542 g/mol. The summed E-state index contributed by atoms with van der Waals surface area (Å²) in [6.07, 6.45) is 1.76. The van der Waals surface area contributed by atoms with Crippen LogP contribution in [0.2, 0.25) is 0 Å². The highest BCUT2D eigenvalue weighted by atomic mass is 32.1. The van der Waals surface area contributed by atoms with E-state index in [1.54, 1.807) is 0 Å². The fourth-order valence-electron chi connectivity index (χ4n) is 5.59. The first-order chi connectivity index (χ1) is 18.3. The molecular formula is C34H38O4S.